The van der Waals surface area contributed by atoms with Crippen molar-refractivity contribution < 1.29 is 4.79 Å². The molecule has 0 spiro atoms. The first-order chi connectivity index (χ1) is 3.77. The van der Waals surface area contributed by atoms with Gasteiger partial charge in [-0.1, -0.05) is 22.0 Å². The second-order valence-corrected chi connectivity index (χ2v) is 4.03. The summed E-state index contributed by atoms with van der Waals surface area (Å²) in [5.74, 6) is 0.830. The molecule has 1 aliphatic heterocycles. The van der Waals surface area contributed by atoms with E-state index >= 15 is 0 Å². The number of thioether (sulfide) groups is 1. The third-order valence-electron chi connectivity index (χ3n) is 0.942. The maximum absolute atomic E-state index is 10.2. The molecule has 0 aromatic carbocycles. The Morgan fingerprint density at radius 1 is 1.88 bits per heavy atom. The molecule has 0 aromatic heterocycles. The van der Waals surface area contributed by atoms with Gasteiger partial charge in [-0.3, -0.25) is 0 Å². The van der Waals surface area contributed by atoms with E-state index in [2.05, 4.69) is 15.9 Å². The molecule has 1 unspecified atom stereocenters. The summed E-state index contributed by atoms with van der Waals surface area (Å²) in [6.45, 7) is 0. The Bertz CT molecular complexity index is 134. The lowest BCUT2D eigenvalue weighted by atomic mass is 10.2. The standard InChI is InChI=1S/C5H5BrOS/c6-5(3-7)1-2-8-4-5/h1-3H,4H2. The van der Waals surface area contributed by atoms with Gasteiger partial charge < -0.3 is 4.79 Å². The molecule has 1 nitrogen and oxygen atoms in total. The predicted octanol–water partition coefficient (Wildman–Crippen LogP) is 1.58. The molecular weight excluding hydrogens is 188 g/mol. The smallest absolute Gasteiger partial charge is 0.141 e. The number of hydrogen-bond acceptors (Lipinski definition) is 2. The van der Waals surface area contributed by atoms with E-state index in [1.54, 1.807) is 11.8 Å². The van der Waals surface area contributed by atoms with Gasteiger partial charge in [0, 0.05) is 5.75 Å². The van der Waals surface area contributed by atoms with Crippen LogP contribution in [0.25, 0.3) is 0 Å². The lowest BCUT2D eigenvalue weighted by Crippen LogP contribution is -2.18. The Balaban J connectivity index is 2.67. The molecule has 3 heteroatoms. The van der Waals surface area contributed by atoms with Crippen LogP contribution in [-0.4, -0.2) is 16.4 Å². The van der Waals surface area contributed by atoms with Crippen LogP contribution in [-0.2, 0) is 4.79 Å². The average Bonchev–Trinajstić information content (AvgIpc) is 2.17. The van der Waals surface area contributed by atoms with Gasteiger partial charge in [-0.15, -0.1) is 11.8 Å². The Hall–Kier alpha value is 0.240. The average molecular weight is 193 g/mol. The van der Waals surface area contributed by atoms with Crippen molar-refractivity contribution in [1.29, 1.82) is 0 Å². The molecule has 8 heavy (non-hydrogen) atoms. The number of hydrogen-bond donors (Lipinski definition) is 0. The number of aldehydes is 1. The molecule has 0 N–H and O–H groups in total. The number of carbonyl (C=O) groups excluding carboxylic acids is 1. The zero-order valence-electron chi connectivity index (χ0n) is 4.13. The van der Waals surface area contributed by atoms with E-state index in [1.165, 1.54) is 0 Å². The van der Waals surface area contributed by atoms with Crippen LogP contribution in [0.4, 0.5) is 0 Å². The van der Waals surface area contributed by atoms with Crippen molar-refractivity contribution in [2.45, 2.75) is 4.32 Å². The highest BCUT2D eigenvalue weighted by atomic mass is 79.9. The molecule has 1 heterocycles. The largest absolute Gasteiger partial charge is 0.301 e. The fourth-order valence-corrected chi connectivity index (χ4v) is 2.02. The minimum atomic E-state index is -0.350. The van der Waals surface area contributed by atoms with E-state index in [-0.39, 0.29) is 4.32 Å². The molecule has 0 saturated heterocycles. The van der Waals surface area contributed by atoms with E-state index in [9.17, 15) is 4.79 Å². The maximum atomic E-state index is 10.2. The number of carbonyl (C=O) groups is 1. The molecule has 1 rings (SSSR count). The van der Waals surface area contributed by atoms with Gasteiger partial charge in [0.25, 0.3) is 0 Å². The minimum Gasteiger partial charge on any atom is -0.301 e. The Morgan fingerprint density at radius 3 is 2.88 bits per heavy atom. The van der Waals surface area contributed by atoms with Gasteiger partial charge in [0.05, 0.1) is 0 Å². The fourth-order valence-electron chi connectivity index (χ4n) is 0.458. The van der Waals surface area contributed by atoms with Crippen LogP contribution in [0.15, 0.2) is 11.5 Å². The zero-order chi connectivity index (χ0) is 6.04. The van der Waals surface area contributed by atoms with Crippen molar-refractivity contribution in [2.24, 2.45) is 0 Å². The highest BCUT2D eigenvalue weighted by Gasteiger charge is 2.25. The third kappa shape index (κ3) is 1.14. The van der Waals surface area contributed by atoms with Crippen molar-refractivity contribution >= 4 is 34.0 Å². The molecule has 0 amide bonds. The Kier molecular flexibility index (Phi) is 1.77. The van der Waals surface area contributed by atoms with Gasteiger partial charge in [-0.25, -0.2) is 0 Å². The summed E-state index contributed by atoms with van der Waals surface area (Å²) in [5.41, 5.74) is 0. The van der Waals surface area contributed by atoms with E-state index in [0.29, 0.717) is 0 Å². The van der Waals surface area contributed by atoms with Gasteiger partial charge in [0.15, 0.2) is 0 Å². The first-order valence-electron chi connectivity index (χ1n) is 2.21. The first kappa shape index (κ1) is 6.36. The summed E-state index contributed by atoms with van der Waals surface area (Å²) in [6.07, 6.45) is 2.79. The topological polar surface area (TPSA) is 17.1 Å². The molecular formula is C5H5BrOS. The molecule has 1 atom stereocenters. The van der Waals surface area contributed by atoms with E-state index in [0.717, 1.165) is 12.0 Å². The van der Waals surface area contributed by atoms with Gasteiger partial charge in [0.2, 0.25) is 0 Å². The van der Waals surface area contributed by atoms with Crippen molar-refractivity contribution in [3.8, 4) is 0 Å². The summed E-state index contributed by atoms with van der Waals surface area (Å²) in [4.78, 5) is 10.2. The van der Waals surface area contributed by atoms with Crippen LogP contribution < -0.4 is 0 Å². The molecule has 1 aliphatic rings. The first-order valence-corrected chi connectivity index (χ1v) is 4.06. The minimum absolute atomic E-state index is 0.350. The molecule has 0 radical (unpaired) electrons. The molecule has 0 aromatic rings. The molecule has 0 aliphatic carbocycles. The van der Waals surface area contributed by atoms with Crippen LogP contribution in [0.5, 0.6) is 0 Å². The molecule has 0 fully saturated rings. The summed E-state index contributed by atoms with van der Waals surface area (Å²) >= 11 is 4.92. The van der Waals surface area contributed by atoms with Crippen molar-refractivity contribution in [3.05, 3.63) is 11.5 Å². The lowest BCUT2D eigenvalue weighted by molar-refractivity contribution is -0.108. The highest BCUT2D eigenvalue weighted by molar-refractivity contribution is 9.10. The Labute approximate surface area is 60.7 Å². The van der Waals surface area contributed by atoms with Gasteiger partial charge in [-0.05, 0) is 5.41 Å². The van der Waals surface area contributed by atoms with Gasteiger partial charge >= 0.3 is 0 Å². The zero-order valence-corrected chi connectivity index (χ0v) is 6.54. The summed E-state index contributed by atoms with van der Waals surface area (Å²) in [7, 11) is 0. The molecule has 0 bridgehead atoms. The predicted molar refractivity (Wildman–Crippen MR) is 39.3 cm³/mol. The van der Waals surface area contributed by atoms with Crippen LogP contribution in [0.3, 0.4) is 0 Å². The van der Waals surface area contributed by atoms with Crippen LogP contribution in [0, 0.1) is 0 Å². The fraction of sp³-hybridized carbons (Fsp3) is 0.400. The van der Waals surface area contributed by atoms with Crippen LogP contribution in [0.2, 0.25) is 0 Å². The maximum Gasteiger partial charge on any atom is 0.141 e. The lowest BCUT2D eigenvalue weighted by Gasteiger charge is -2.06. The third-order valence-corrected chi connectivity index (χ3v) is 3.02. The van der Waals surface area contributed by atoms with Crippen molar-refractivity contribution in [2.75, 3.05) is 5.75 Å². The molecule has 0 saturated carbocycles. The van der Waals surface area contributed by atoms with E-state index in [4.69, 9.17) is 0 Å². The van der Waals surface area contributed by atoms with Crippen molar-refractivity contribution in [1.82, 2.24) is 0 Å². The number of rotatable bonds is 1. The second kappa shape index (κ2) is 2.23. The Morgan fingerprint density at radius 2 is 2.62 bits per heavy atom. The SMILES string of the molecule is O=CC1(Br)C=CSC1. The highest BCUT2D eigenvalue weighted by Crippen LogP contribution is 2.30. The number of alkyl halides is 1. The van der Waals surface area contributed by atoms with E-state index in [1.807, 2.05) is 11.5 Å². The normalized spacial score (nSPS) is 35.6. The van der Waals surface area contributed by atoms with Crippen LogP contribution >= 0.6 is 27.7 Å². The summed E-state index contributed by atoms with van der Waals surface area (Å²) in [5, 5.41) is 1.93. The summed E-state index contributed by atoms with van der Waals surface area (Å²) < 4.78 is -0.350. The quantitative estimate of drug-likeness (QED) is 0.464. The number of allylic oxidation sites excluding steroid dienone is 1. The van der Waals surface area contributed by atoms with Crippen molar-refractivity contribution in [3.63, 3.8) is 0 Å². The van der Waals surface area contributed by atoms with Gasteiger partial charge in [0.1, 0.15) is 10.6 Å². The van der Waals surface area contributed by atoms with Gasteiger partial charge in [-0.2, -0.15) is 0 Å². The summed E-state index contributed by atoms with van der Waals surface area (Å²) in [6, 6.07) is 0. The van der Waals surface area contributed by atoms with E-state index < -0.39 is 0 Å². The number of halogens is 1. The molecule has 44 valence electrons. The van der Waals surface area contributed by atoms with Crippen LogP contribution in [0.1, 0.15) is 0 Å². The monoisotopic (exact) mass is 192 g/mol. The second-order valence-electron chi connectivity index (χ2n) is 1.66.